The third-order valence-corrected chi connectivity index (χ3v) is 1.21. The molecule has 0 aromatic carbocycles. The van der Waals surface area contributed by atoms with Crippen LogP contribution in [-0.4, -0.2) is 23.2 Å². The lowest BCUT2D eigenvalue weighted by atomic mass is 10.5. The molecule has 0 fully saturated rings. The number of aliphatic imine (C=N–C) groups is 1. The SMILES string of the molecule is C/C=N/c1ncncc1NC. The van der Waals surface area contributed by atoms with Gasteiger partial charge in [0.05, 0.1) is 11.9 Å². The monoisotopic (exact) mass is 150 g/mol. The molecular weight excluding hydrogens is 140 g/mol. The fourth-order valence-electron chi connectivity index (χ4n) is 0.725. The summed E-state index contributed by atoms with van der Waals surface area (Å²) in [5.41, 5.74) is 0.839. The van der Waals surface area contributed by atoms with Gasteiger partial charge in [-0.25, -0.2) is 15.0 Å². The van der Waals surface area contributed by atoms with Crippen LogP contribution >= 0.6 is 0 Å². The van der Waals surface area contributed by atoms with Crippen LogP contribution in [0.15, 0.2) is 17.5 Å². The number of hydrogen-bond donors (Lipinski definition) is 1. The van der Waals surface area contributed by atoms with Crippen molar-refractivity contribution in [2.75, 3.05) is 12.4 Å². The molecule has 58 valence electrons. The van der Waals surface area contributed by atoms with Crippen LogP contribution in [0.1, 0.15) is 6.92 Å². The van der Waals surface area contributed by atoms with Crippen LogP contribution in [0.25, 0.3) is 0 Å². The van der Waals surface area contributed by atoms with Crippen molar-refractivity contribution < 1.29 is 0 Å². The Morgan fingerprint density at radius 3 is 3.09 bits per heavy atom. The molecule has 0 saturated carbocycles. The fraction of sp³-hybridized carbons (Fsp3) is 0.286. The molecule has 0 unspecified atom stereocenters. The highest BCUT2D eigenvalue weighted by Crippen LogP contribution is 2.17. The van der Waals surface area contributed by atoms with Crippen molar-refractivity contribution >= 4 is 17.7 Å². The van der Waals surface area contributed by atoms with Gasteiger partial charge < -0.3 is 5.32 Å². The Morgan fingerprint density at radius 2 is 2.45 bits per heavy atom. The summed E-state index contributed by atoms with van der Waals surface area (Å²) in [6, 6.07) is 0. The molecule has 0 amide bonds. The zero-order valence-electron chi connectivity index (χ0n) is 6.57. The van der Waals surface area contributed by atoms with E-state index in [2.05, 4.69) is 20.3 Å². The number of nitrogens with one attached hydrogen (secondary N) is 1. The molecular formula is C7H10N4. The van der Waals surface area contributed by atoms with Gasteiger partial charge in [-0.1, -0.05) is 0 Å². The quantitative estimate of drug-likeness (QED) is 0.645. The predicted molar refractivity (Wildman–Crippen MR) is 45.4 cm³/mol. The number of anilines is 1. The van der Waals surface area contributed by atoms with E-state index in [0.29, 0.717) is 5.82 Å². The van der Waals surface area contributed by atoms with Gasteiger partial charge in [0, 0.05) is 13.3 Å². The molecule has 0 radical (unpaired) electrons. The molecule has 1 N–H and O–H groups in total. The summed E-state index contributed by atoms with van der Waals surface area (Å²) in [6.07, 6.45) is 4.86. The predicted octanol–water partition coefficient (Wildman–Crippen LogP) is 1.24. The van der Waals surface area contributed by atoms with Crippen LogP contribution in [0.2, 0.25) is 0 Å². The Bertz CT molecular complexity index is 256. The van der Waals surface area contributed by atoms with E-state index in [-0.39, 0.29) is 0 Å². The van der Waals surface area contributed by atoms with Gasteiger partial charge in [0.15, 0.2) is 5.82 Å². The highest BCUT2D eigenvalue weighted by Gasteiger charge is 1.96. The van der Waals surface area contributed by atoms with Crippen LogP contribution in [0.5, 0.6) is 0 Å². The zero-order valence-corrected chi connectivity index (χ0v) is 6.57. The second-order valence-electron chi connectivity index (χ2n) is 1.90. The smallest absolute Gasteiger partial charge is 0.178 e. The first-order valence-electron chi connectivity index (χ1n) is 3.35. The van der Waals surface area contributed by atoms with Crippen molar-refractivity contribution in [1.82, 2.24) is 9.97 Å². The fourth-order valence-corrected chi connectivity index (χ4v) is 0.725. The summed E-state index contributed by atoms with van der Waals surface area (Å²) in [4.78, 5) is 11.9. The Hall–Kier alpha value is -1.45. The summed E-state index contributed by atoms with van der Waals surface area (Å²) in [6.45, 7) is 1.85. The molecule has 0 bridgehead atoms. The molecule has 0 saturated heterocycles. The standard InChI is InChI=1S/C7H10N4/c1-3-10-7-6(8-2)4-9-5-11-7/h3-5,8H,1-2H3/b10-3+. The summed E-state index contributed by atoms with van der Waals surface area (Å²) in [5, 5.41) is 2.94. The lowest BCUT2D eigenvalue weighted by Crippen LogP contribution is -1.91. The van der Waals surface area contributed by atoms with Crippen LogP contribution < -0.4 is 5.32 Å². The molecule has 1 aromatic heterocycles. The van der Waals surface area contributed by atoms with Gasteiger partial charge in [0.1, 0.15) is 6.33 Å². The van der Waals surface area contributed by atoms with Gasteiger partial charge in [0.25, 0.3) is 0 Å². The van der Waals surface area contributed by atoms with Crippen LogP contribution in [0.4, 0.5) is 11.5 Å². The van der Waals surface area contributed by atoms with Gasteiger partial charge in [-0.15, -0.1) is 0 Å². The van der Waals surface area contributed by atoms with Crippen molar-refractivity contribution in [1.29, 1.82) is 0 Å². The maximum atomic E-state index is 4.04. The van der Waals surface area contributed by atoms with Crippen molar-refractivity contribution in [3.05, 3.63) is 12.5 Å². The first-order chi connectivity index (χ1) is 5.38. The van der Waals surface area contributed by atoms with E-state index in [1.54, 1.807) is 12.4 Å². The molecule has 0 aliphatic rings. The number of hydrogen-bond acceptors (Lipinski definition) is 4. The normalized spacial score (nSPS) is 10.4. The van der Waals surface area contributed by atoms with Gasteiger partial charge in [-0.2, -0.15) is 0 Å². The maximum absolute atomic E-state index is 4.04. The average Bonchev–Trinajstić information content (AvgIpc) is 2.06. The van der Waals surface area contributed by atoms with Crippen LogP contribution in [0.3, 0.4) is 0 Å². The highest BCUT2D eigenvalue weighted by atomic mass is 15.0. The molecule has 1 aromatic rings. The molecule has 0 spiro atoms. The molecule has 4 nitrogen and oxygen atoms in total. The Morgan fingerprint density at radius 1 is 1.64 bits per heavy atom. The first-order valence-corrected chi connectivity index (χ1v) is 3.35. The minimum absolute atomic E-state index is 0.671. The third-order valence-electron chi connectivity index (χ3n) is 1.21. The first kappa shape index (κ1) is 7.65. The zero-order chi connectivity index (χ0) is 8.10. The van der Waals surface area contributed by atoms with Crippen LogP contribution in [-0.2, 0) is 0 Å². The highest BCUT2D eigenvalue weighted by molar-refractivity contribution is 5.66. The molecule has 1 rings (SSSR count). The van der Waals surface area contributed by atoms with Crippen molar-refractivity contribution in [2.24, 2.45) is 4.99 Å². The summed E-state index contributed by atoms with van der Waals surface area (Å²) >= 11 is 0. The lowest BCUT2D eigenvalue weighted by Gasteiger charge is -2.00. The average molecular weight is 150 g/mol. The van der Waals surface area contributed by atoms with E-state index in [1.165, 1.54) is 6.33 Å². The van der Waals surface area contributed by atoms with Gasteiger partial charge in [-0.05, 0) is 6.92 Å². The number of rotatable bonds is 2. The van der Waals surface area contributed by atoms with E-state index in [4.69, 9.17) is 0 Å². The third kappa shape index (κ3) is 1.73. The van der Waals surface area contributed by atoms with Crippen LogP contribution in [0, 0.1) is 0 Å². The molecule has 0 aliphatic carbocycles. The van der Waals surface area contributed by atoms with E-state index in [9.17, 15) is 0 Å². The Balaban J connectivity index is 3.02. The van der Waals surface area contributed by atoms with Crippen molar-refractivity contribution in [2.45, 2.75) is 6.92 Å². The van der Waals surface area contributed by atoms with Crippen molar-refractivity contribution in [3.63, 3.8) is 0 Å². The largest absolute Gasteiger partial charge is 0.384 e. The summed E-state index contributed by atoms with van der Waals surface area (Å²) in [5.74, 6) is 0.671. The van der Waals surface area contributed by atoms with Crippen molar-refractivity contribution in [3.8, 4) is 0 Å². The maximum Gasteiger partial charge on any atom is 0.178 e. The minimum Gasteiger partial charge on any atom is -0.384 e. The topological polar surface area (TPSA) is 50.2 Å². The molecule has 11 heavy (non-hydrogen) atoms. The number of aromatic nitrogens is 2. The number of nitrogens with zero attached hydrogens (tertiary/aromatic N) is 3. The minimum atomic E-state index is 0.671. The molecule has 0 aliphatic heterocycles. The summed E-state index contributed by atoms with van der Waals surface area (Å²) < 4.78 is 0. The second-order valence-corrected chi connectivity index (χ2v) is 1.90. The van der Waals surface area contributed by atoms with E-state index >= 15 is 0 Å². The van der Waals surface area contributed by atoms with Gasteiger partial charge in [0.2, 0.25) is 0 Å². The second kappa shape index (κ2) is 3.65. The van der Waals surface area contributed by atoms with E-state index in [0.717, 1.165) is 5.69 Å². The van der Waals surface area contributed by atoms with E-state index in [1.807, 2.05) is 14.0 Å². The molecule has 4 heteroatoms. The molecule has 1 heterocycles. The Kier molecular flexibility index (Phi) is 2.54. The lowest BCUT2D eigenvalue weighted by molar-refractivity contribution is 1.15. The van der Waals surface area contributed by atoms with Gasteiger partial charge in [-0.3, -0.25) is 0 Å². The Labute approximate surface area is 65.4 Å². The summed E-state index contributed by atoms with van der Waals surface area (Å²) in [7, 11) is 1.81. The van der Waals surface area contributed by atoms with Gasteiger partial charge >= 0.3 is 0 Å². The molecule has 0 atom stereocenters. The van der Waals surface area contributed by atoms with E-state index < -0.39 is 0 Å².